The molecule has 1 aromatic heterocycles. The fraction of sp³-hybridized carbons (Fsp3) is 0.333. The topological polar surface area (TPSA) is 96.3 Å². The van der Waals surface area contributed by atoms with Crippen molar-refractivity contribution >= 4 is 40.2 Å². The van der Waals surface area contributed by atoms with Gasteiger partial charge in [-0.3, -0.25) is 0 Å². The Balaban J connectivity index is 1.92. The number of aromatic nitrogens is 2. The first kappa shape index (κ1) is 15.6. The lowest BCUT2D eigenvalue weighted by Gasteiger charge is -2.35. The third-order valence-electron chi connectivity index (χ3n) is 3.95. The predicted molar refractivity (Wildman–Crippen MR) is 95.3 cm³/mol. The highest BCUT2D eigenvalue weighted by Gasteiger charge is 2.18. The Bertz CT molecular complexity index is 698. The van der Waals surface area contributed by atoms with E-state index in [4.69, 9.17) is 23.1 Å². The zero-order valence-corrected chi connectivity index (χ0v) is 13.7. The maximum Gasteiger partial charge on any atom is 0.158 e. The van der Waals surface area contributed by atoms with E-state index in [1.54, 1.807) is 0 Å². The van der Waals surface area contributed by atoms with E-state index in [1.165, 1.54) is 6.33 Å². The van der Waals surface area contributed by atoms with Crippen LogP contribution in [-0.4, -0.2) is 48.1 Å². The van der Waals surface area contributed by atoms with E-state index in [9.17, 15) is 0 Å². The first-order chi connectivity index (χ1) is 11.0. The molecule has 5 N–H and O–H groups in total. The number of nitrogens with two attached hydrogens (primary N) is 2. The average molecular weight is 334 g/mol. The van der Waals surface area contributed by atoms with Crippen LogP contribution in [-0.2, 0) is 0 Å². The molecular formula is C15H20ClN7. The number of anilines is 5. The minimum absolute atomic E-state index is 0.229. The van der Waals surface area contributed by atoms with E-state index < -0.39 is 0 Å². The second-order valence-electron chi connectivity index (χ2n) is 5.62. The Hall–Kier alpha value is -2.25. The molecule has 1 fully saturated rings. The Labute approximate surface area is 140 Å². The first-order valence-electron chi connectivity index (χ1n) is 7.40. The zero-order chi connectivity index (χ0) is 16.4. The molecule has 0 spiro atoms. The largest absolute Gasteiger partial charge is 0.399 e. The van der Waals surface area contributed by atoms with Crippen LogP contribution in [0.3, 0.4) is 0 Å². The lowest BCUT2D eigenvalue weighted by molar-refractivity contribution is 0.313. The van der Waals surface area contributed by atoms with Crippen LogP contribution >= 0.6 is 11.6 Å². The number of likely N-dealkylation sites (N-methyl/N-ethyl adjacent to an activating group) is 1. The van der Waals surface area contributed by atoms with Gasteiger partial charge in [0.15, 0.2) is 11.0 Å². The van der Waals surface area contributed by atoms with Crippen molar-refractivity contribution in [2.45, 2.75) is 0 Å². The van der Waals surface area contributed by atoms with Gasteiger partial charge in [0.25, 0.3) is 0 Å². The van der Waals surface area contributed by atoms with Crippen molar-refractivity contribution < 1.29 is 0 Å². The summed E-state index contributed by atoms with van der Waals surface area (Å²) in [5, 5.41) is 3.46. The fourth-order valence-corrected chi connectivity index (χ4v) is 2.71. The quantitative estimate of drug-likeness (QED) is 0.582. The summed E-state index contributed by atoms with van der Waals surface area (Å²) < 4.78 is 0. The van der Waals surface area contributed by atoms with Crippen LogP contribution in [0.15, 0.2) is 24.5 Å². The number of nitrogens with zero attached hydrogens (tertiary/aromatic N) is 4. The van der Waals surface area contributed by atoms with E-state index in [-0.39, 0.29) is 5.15 Å². The van der Waals surface area contributed by atoms with Gasteiger partial charge in [0.2, 0.25) is 0 Å². The average Bonchev–Trinajstić information content (AvgIpc) is 2.53. The monoisotopic (exact) mass is 333 g/mol. The molecule has 23 heavy (non-hydrogen) atoms. The molecule has 0 saturated carbocycles. The van der Waals surface area contributed by atoms with Crippen LogP contribution in [0.5, 0.6) is 0 Å². The number of benzene rings is 1. The second-order valence-corrected chi connectivity index (χ2v) is 5.98. The third-order valence-corrected chi connectivity index (χ3v) is 4.25. The molecule has 1 saturated heterocycles. The molecule has 0 amide bonds. The summed E-state index contributed by atoms with van der Waals surface area (Å²) in [7, 11) is 2.13. The standard InChI is InChI=1S/C15H20ClN7/c1-22-4-6-23(7-5-22)12-3-2-10(17)8-11(12)21-15-13(18)14(16)19-9-20-15/h2-3,8-9H,4-7,17-18H2,1H3,(H,19,20,21). The van der Waals surface area contributed by atoms with Crippen LogP contribution in [0.1, 0.15) is 0 Å². The Kier molecular flexibility index (Phi) is 4.40. The summed E-state index contributed by atoms with van der Waals surface area (Å²) in [5.41, 5.74) is 14.8. The molecule has 1 aliphatic rings. The van der Waals surface area contributed by atoms with Crippen LogP contribution in [0.2, 0.25) is 5.15 Å². The number of halogens is 1. The number of hydrogen-bond acceptors (Lipinski definition) is 7. The van der Waals surface area contributed by atoms with Gasteiger partial charge >= 0.3 is 0 Å². The second kappa shape index (κ2) is 6.47. The minimum Gasteiger partial charge on any atom is -0.399 e. The van der Waals surface area contributed by atoms with Gasteiger partial charge < -0.3 is 26.6 Å². The highest BCUT2D eigenvalue weighted by atomic mass is 35.5. The van der Waals surface area contributed by atoms with Crippen molar-refractivity contribution in [2.24, 2.45) is 0 Å². The van der Waals surface area contributed by atoms with Crippen LogP contribution in [0.4, 0.5) is 28.6 Å². The van der Waals surface area contributed by atoms with Crippen molar-refractivity contribution in [1.29, 1.82) is 0 Å². The van der Waals surface area contributed by atoms with Gasteiger partial charge in [-0.05, 0) is 25.2 Å². The molecule has 0 unspecified atom stereocenters. The molecule has 0 aliphatic carbocycles. The molecule has 2 heterocycles. The molecule has 8 heteroatoms. The molecule has 3 rings (SSSR count). The van der Waals surface area contributed by atoms with Crippen LogP contribution in [0, 0.1) is 0 Å². The van der Waals surface area contributed by atoms with Gasteiger partial charge in [-0.25, -0.2) is 9.97 Å². The third kappa shape index (κ3) is 3.40. The molecule has 7 nitrogen and oxygen atoms in total. The fourth-order valence-electron chi connectivity index (χ4n) is 2.58. The van der Waals surface area contributed by atoms with Crippen molar-refractivity contribution in [1.82, 2.24) is 14.9 Å². The first-order valence-corrected chi connectivity index (χ1v) is 7.78. The van der Waals surface area contributed by atoms with Gasteiger partial charge in [-0.15, -0.1) is 0 Å². The molecule has 122 valence electrons. The summed E-state index contributed by atoms with van der Waals surface area (Å²) in [4.78, 5) is 12.7. The highest BCUT2D eigenvalue weighted by Crippen LogP contribution is 2.33. The van der Waals surface area contributed by atoms with Gasteiger partial charge in [-0.1, -0.05) is 11.6 Å². The molecule has 1 aliphatic heterocycles. The number of piperazine rings is 1. The Morgan fingerprint density at radius 1 is 1.13 bits per heavy atom. The molecule has 1 aromatic carbocycles. The Morgan fingerprint density at radius 2 is 1.87 bits per heavy atom. The van der Waals surface area contributed by atoms with Gasteiger partial charge in [0, 0.05) is 31.9 Å². The summed E-state index contributed by atoms with van der Waals surface area (Å²) in [6.07, 6.45) is 1.38. The van der Waals surface area contributed by atoms with Crippen molar-refractivity contribution in [3.05, 3.63) is 29.7 Å². The lowest BCUT2D eigenvalue weighted by atomic mass is 10.2. The predicted octanol–water partition coefficient (Wildman–Crippen LogP) is 1.79. The molecule has 0 bridgehead atoms. The van der Waals surface area contributed by atoms with E-state index in [2.05, 4.69) is 32.1 Å². The smallest absolute Gasteiger partial charge is 0.158 e. The summed E-state index contributed by atoms with van der Waals surface area (Å²) in [5.74, 6) is 0.478. The molecular weight excluding hydrogens is 314 g/mol. The van der Waals surface area contributed by atoms with Gasteiger partial charge in [0.05, 0.1) is 11.4 Å². The molecule has 2 aromatic rings. The zero-order valence-electron chi connectivity index (χ0n) is 13.0. The van der Waals surface area contributed by atoms with Crippen LogP contribution < -0.4 is 21.7 Å². The van der Waals surface area contributed by atoms with Crippen molar-refractivity contribution in [3.8, 4) is 0 Å². The number of nitrogens with one attached hydrogen (secondary N) is 1. The highest BCUT2D eigenvalue weighted by molar-refractivity contribution is 6.32. The molecule has 0 atom stereocenters. The maximum absolute atomic E-state index is 5.96. The summed E-state index contributed by atoms with van der Waals surface area (Å²) in [6.45, 7) is 3.95. The van der Waals surface area contributed by atoms with E-state index in [0.29, 0.717) is 17.2 Å². The molecule has 0 radical (unpaired) electrons. The summed E-state index contributed by atoms with van der Waals surface area (Å²) in [6, 6.07) is 5.79. The van der Waals surface area contributed by atoms with Gasteiger partial charge in [-0.2, -0.15) is 0 Å². The van der Waals surface area contributed by atoms with E-state index in [0.717, 1.165) is 37.6 Å². The van der Waals surface area contributed by atoms with Crippen molar-refractivity contribution in [3.63, 3.8) is 0 Å². The normalized spacial score (nSPS) is 15.7. The van der Waals surface area contributed by atoms with E-state index in [1.807, 2.05) is 18.2 Å². The lowest BCUT2D eigenvalue weighted by Crippen LogP contribution is -2.44. The van der Waals surface area contributed by atoms with E-state index >= 15 is 0 Å². The summed E-state index contributed by atoms with van der Waals surface area (Å²) >= 11 is 5.96. The van der Waals surface area contributed by atoms with Crippen molar-refractivity contribution in [2.75, 3.05) is 54.9 Å². The number of nitrogen functional groups attached to an aromatic ring is 2. The van der Waals surface area contributed by atoms with Crippen LogP contribution in [0.25, 0.3) is 0 Å². The SMILES string of the molecule is CN1CCN(c2ccc(N)cc2Nc2ncnc(Cl)c2N)CC1. The number of hydrogen-bond donors (Lipinski definition) is 3. The number of rotatable bonds is 3. The Morgan fingerprint density at radius 3 is 2.61 bits per heavy atom. The minimum atomic E-state index is 0.229. The van der Waals surface area contributed by atoms with Gasteiger partial charge in [0.1, 0.15) is 12.0 Å². The maximum atomic E-state index is 5.96.